The summed E-state index contributed by atoms with van der Waals surface area (Å²) in [5, 5.41) is 6.54. The Morgan fingerprint density at radius 3 is 2.62 bits per heavy atom. The Balaban J connectivity index is 2.46. The maximum absolute atomic E-state index is 13.7. The van der Waals surface area contributed by atoms with Gasteiger partial charge in [-0.25, -0.2) is 4.39 Å². The van der Waals surface area contributed by atoms with Crippen LogP contribution in [0.15, 0.2) is 24.4 Å². The van der Waals surface area contributed by atoms with Crippen molar-refractivity contribution in [3.63, 3.8) is 0 Å². The zero-order chi connectivity index (χ0) is 11.7. The molecule has 16 heavy (non-hydrogen) atoms. The van der Waals surface area contributed by atoms with Gasteiger partial charge in [0.25, 0.3) is 0 Å². The van der Waals surface area contributed by atoms with E-state index in [0.717, 1.165) is 0 Å². The van der Waals surface area contributed by atoms with Gasteiger partial charge in [0.1, 0.15) is 5.82 Å². The van der Waals surface area contributed by atoms with Crippen LogP contribution < -0.4 is 10.6 Å². The summed E-state index contributed by atoms with van der Waals surface area (Å²) in [4.78, 5) is 1.72. The molecule has 0 saturated carbocycles. The summed E-state index contributed by atoms with van der Waals surface area (Å²) < 4.78 is 13.7. The van der Waals surface area contributed by atoms with E-state index < -0.39 is 0 Å². The van der Waals surface area contributed by atoms with Gasteiger partial charge in [0.15, 0.2) is 0 Å². The van der Waals surface area contributed by atoms with Crippen LogP contribution in [0.3, 0.4) is 0 Å². The minimum absolute atomic E-state index is 0.281. The average Bonchev–Trinajstić information content (AvgIpc) is 2.63. The van der Waals surface area contributed by atoms with Gasteiger partial charge >= 0.3 is 0 Å². The van der Waals surface area contributed by atoms with Gasteiger partial charge in [-0.05, 0) is 12.1 Å². The molecule has 3 N–H and O–H groups in total. The highest BCUT2D eigenvalue weighted by Crippen LogP contribution is 2.27. The van der Waals surface area contributed by atoms with Crippen molar-refractivity contribution < 1.29 is 4.39 Å². The molecule has 1 aromatic heterocycles. The van der Waals surface area contributed by atoms with Crippen LogP contribution in [0.4, 0.5) is 15.8 Å². The third kappa shape index (κ3) is 1.71. The molecule has 0 spiro atoms. The molecule has 1 aromatic carbocycles. The monoisotopic (exact) mass is 220 g/mol. The normalized spacial score (nSPS) is 10.4. The molecule has 0 aliphatic carbocycles. The quantitative estimate of drug-likeness (QED) is 0.812. The molecule has 84 valence electrons. The lowest BCUT2D eigenvalue weighted by molar-refractivity contribution is 0.626. The van der Waals surface area contributed by atoms with Crippen molar-refractivity contribution in [3.05, 3.63) is 30.2 Å². The van der Waals surface area contributed by atoms with Crippen molar-refractivity contribution in [2.75, 3.05) is 24.7 Å². The smallest absolute Gasteiger partial charge is 0.147 e. The summed E-state index contributed by atoms with van der Waals surface area (Å²) >= 11 is 0. The first-order valence-electron chi connectivity index (χ1n) is 4.85. The van der Waals surface area contributed by atoms with Crippen molar-refractivity contribution in [3.8, 4) is 11.3 Å². The van der Waals surface area contributed by atoms with Gasteiger partial charge < -0.3 is 10.6 Å². The molecule has 2 aromatic rings. The minimum Gasteiger partial charge on any atom is -0.396 e. The van der Waals surface area contributed by atoms with E-state index in [9.17, 15) is 4.39 Å². The van der Waals surface area contributed by atoms with Gasteiger partial charge in [-0.1, -0.05) is 6.07 Å². The fourth-order valence-electron chi connectivity index (χ4n) is 1.55. The van der Waals surface area contributed by atoms with E-state index in [0.29, 0.717) is 22.6 Å². The van der Waals surface area contributed by atoms with Crippen LogP contribution in [0, 0.1) is 5.82 Å². The van der Waals surface area contributed by atoms with Gasteiger partial charge in [-0.2, -0.15) is 5.10 Å². The van der Waals surface area contributed by atoms with Crippen molar-refractivity contribution in [1.29, 1.82) is 0 Å². The number of rotatable bonds is 2. The Bertz CT molecular complexity index is 504. The molecule has 2 rings (SSSR count). The van der Waals surface area contributed by atoms with Gasteiger partial charge in [-0.3, -0.25) is 5.10 Å². The Morgan fingerprint density at radius 1 is 1.38 bits per heavy atom. The van der Waals surface area contributed by atoms with E-state index >= 15 is 0 Å². The Labute approximate surface area is 92.9 Å². The maximum atomic E-state index is 13.7. The number of H-pyrrole nitrogens is 1. The number of nitrogens with zero attached hydrogens (tertiary/aromatic N) is 2. The second-order valence-corrected chi connectivity index (χ2v) is 3.76. The lowest BCUT2D eigenvalue weighted by atomic mass is 10.1. The molecule has 0 aliphatic heterocycles. The number of aromatic nitrogens is 2. The zero-order valence-corrected chi connectivity index (χ0v) is 9.16. The Hall–Kier alpha value is -2.04. The molecule has 0 aliphatic rings. The van der Waals surface area contributed by atoms with Gasteiger partial charge in [0.05, 0.1) is 23.3 Å². The van der Waals surface area contributed by atoms with Crippen LogP contribution in [-0.2, 0) is 0 Å². The number of nitrogens with two attached hydrogens (primary N) is 1. The van der Waals surface area contributed by atoms with E-state index in [1.165, 1.54) is 12.3 Å². The van der Waals surface area contributed by atoms with Crippen molar-refractivity contribution >= 4 is 11.4 Å². The van der Waals surface area contributed by atoms with Crippen LogP contribution >= 0.6 is 0 Å². The van der Waals surface area contributed by atoms with E-state index in [1.807, 2.05) is 6.07 Å². The molecule has 0 amide bonds. The second-order valence-electron chi connectivity index (χ2n) is 3.76. The van der Waals surface area contributed by atoms with E-state index in [2.05, 4.69) is 10.2 Å². The predicted octanol–water partition coefficient (Wildman–Crippen LogP) is 1.86. The van der Waals surface area contributed by atoms with E-state index in [-0.39, 0.29) is 5.82 Å². The van der Waals surface area contributed by atoms with E-state index in [4.69, 9.17) is 5.73 Å². The van der Waals surface area contributed by atoms with Crippen molar-refractivity contribution in [2.45, 2.75) is 0 Å². The third-order valence-corrected chi connectivity index (χ3v) is 2.39. The summed E-state index contributed by atoms with van der Waals surface area (Å²) in [6, 6.07) is 4.96. The predicted molar refractivity (Wildman–Crippen MR) is 62.7 cm³/mol. The number of hydrogen-bond donors (Lipinski definition) is 2. The first-order valence-corrected chi connectivity index (χ1v) is 4.85. The van der Waals surface area contributed by atoms with Crippen LogP contribution in [0.2, 0.25) is 0 Å². The number of nitrogens with one attached hydrogen (secondary N) is 1. The van der Waals surface area contributed by atoms with Crippen LogP contribution in [0.1, 0.15) is 0 Å². The lowest BCUT2D eigenvalue weighted by Gasteiger charge is -2.13. The summed E-state index contributed by atoms with van der Waals surface area (Å²) in [5.41, 5.74) is 8.08. The van der Waals surface area contributed by atoms with Crippen LogP contribution in [-0.4, -0.2) is 24.3 Å². The molecule has 0 fully saturated rings. The molecular formula is C11H13FN4. The number of halogens is 1. The Morgan fingerprint density at radius 2 is 2.12 bits per heavy atom. The summed E-state index contributed by atoms with van der Waals surface area (Å²) in [5.74, 6) is -0.281. The lowest BCUT2D eigenvalue weighted by Crippen LogP contribution is -2.10. The standard InChI is InChI=1S/C11H13FN4/c1-16(2)10-4-3-7(5-8(10)12)11-9(13)6-14-15-11/h3-6H,13H2,1-2H3,(H,14,15). The first-order chi connectivity index (χ1) is 7.59. The molecule has 0 saturated heterocycles. The van der Waals surface area contributed by atoms with Crippen molar-refractivity contribution in [2.24, 2.45) is 0 Å². The number of anilines is 2. The topological polar surface area (TPSA) is 57.9 Å². The highest BCUT2D eigenvalue weighted by Gasteiger charge is 2.09. The molecule has 5 heteroatoms. The molecule has 4 nitrogen and oxygen atoms in total. The number of benzene rings is 1. The van der Waals surface area contributed by atoms with Gasteiger partial charge in [0.2, 0.25) is 0 Å². The molecule has 0 bridgehead atoms. The highest BCUT2D eigenvalue weighted by atomic mass is 19.1. The highest BCUT2D eigenvalue weighted by molar-refractivity contribution is 5.73. The molecule has 0 atom stereocenters. The third-order valence-electron chi connectivity index (χ3n) is 2.39. The first kappa shape index (κ1) is 10.5. The van der Waals surface area contributed by atoms with Crippen LogP contribution in [0.5, 0.6) is 0 Å². The summed E-state index contributed by atoms with van der Waals surface area (Å²) in [6.45, 7) is 0. The molecule has 0 radical (unpaired) electrons. The second kappa shape index (κ2) is 3.84. The fraction of sp³-hybridized carbons (Fsp3) is 0.182. The number of nitrogen functional groups attached to an aromatic ring is 1. The fourth-order valence-corrected chi connectivity index (χ4v) is 1.55. The van der Waals surface area contributed by atoms with Gasteiger partial charge in [-0.15, -0.1) is 0 Å². The average molecular weight is 220 g/mol. The maximum Gasteiger partial charge on any atom is 0.147 e. The number of aromatic amines is 1. The minimum atomic E-state index is -0.281. The Kier molecular flexibility index (Phi) is 2.52. The SMILES string of the molecule is CN(C)c1ccc(-c2[nH]ncc2N)cc1F. The van der Waals surface area contributed by atoms with Crippen molar-refractivity contribution in [1.82, 2.24) is 10.2 Å². The van der Waals surface area contributed by atoms with Gasteiger partial charge in [0, 0.05) is 19.7 Å². The molecule has 1 heterocycles. The molecule has 0 unspecified atom stereocenters. The van der Waals surface area contributed by atoms with E-state index in [1.54, 1.807) is 25.1 Å². The van der Waals surface area contributed by atoms with Crippen LogP contribution in [0.25, 0.3) is 11.3 Å². The number of hydrogen-bond acceptors (Lipinski definition) is 3. The summed E-state index contributed by atoms with van der Waals surface area (Å²) in [7, 11) is 3.59. The largest absolute Gasteiger partial charge is 0.396 e. The summed E-state index contributed by atoms with van der Waals surface area (Å²) in [6.07, 6.45) is 1.51. The zero-order valence-electron chi connectivity index (χ0n) is 9.16. The molecular weight excluding hydrogens is 207 g/mol.